The van der Waals surface area contributed by atoms with Crippen LogP contribution < -0.4 is 0 Å². The zero-order chi connectivity index (χ0) is 14.9. The van der Waals surface area contributed by atoms with Crippen LogP contribution in [-0.4, -0.2) is 66.3 Å². The number of hydrogen-bond donors (Lipinski definition) is 0. The van der Waals surface area contributed by atoms with Crippen molar-refractivity contribution >= 4 is 5.91 Å². The summed E-state index contributed by atoms with van der Waals surface area (Å²) in [4.78, 5) is 16.4. The Balaban J connectivity index is 1.61. The van der Waals surface area contributed by atoms with E-state index in [-0.39, 0.29) is 11.5 Å². The summed E-state index contributed by atoms with van der Waals surface area (Å²) in [6.45, 7) is 2.26. The maximum Gasteiger partial charge on any atom is 0.292 e. The Kier molecular flexibility index (Phi) is 3.99. The van der Waals surface area contributed by atoms with Crippen molar-refractivity contribution in [3.8, 4) is 0 Å². The molecule has 0 radical (unpaired) electrons. The first-order chi connectivity index (χ1) is 10.1. The predicted octanol–water partition coefficient (Wildman–Crippen LogP) is 1.39. The van der Waals surface area contributed by atoms with Crippen LogP contribution in [0.4, 0.5) is 0 Å². The van der Waals surface area contributed by atoms with Gasteiger partial charge < -0.3 is 19.1 Å². The van der Waals surface area contributed by atoms with Crippen molar-refractivity contribution in [2.75, 3.05) is 33.8 Å². The lowest BCUT2D eigenvalue weighted by molar-refractivity contribution is -0.126. The van der Waals surface area contributed by atoms with Crippen LogP contribution >= 0.6 is 0 Å². The van der Waals surface area contributed by atoms with E-state index in [4.69, 9.17) is 9.26 Å². The van der Waals surface area contributed by atoms with Gasteiger partial charge in [0, 0.05) is 31.8 Å². The van der Waals surface area contributed by atoms with Crippen LogP contribution in [0.25, 0.3) is 0 Å². The van der Waals surface area contributed by atoms with Crippen molar-refractivity contribution in [1.29, 1.82) is 0 Å². The third-order valence-electron chi connectivity index (χ3n) is 4.81. The van der Waals surface area contributed by atoms with Gasteiger partial charge in [-0.15, -0.1) is 0 Å². The van der Waals surface area contributed by atoms with E-state index >= 15 is 0 Å². The molecule has 2 fully saturated rings. The molecule has 0 bridgehead atoms. The number of rotatable bonds is 2. The van der Waals surface area contributed by atoms with E-state index < -0.39 is 0 Å². The monoisotopic (exact) mass is 293 g/mol. The average molecular weight is 293 g/mol. The number of carbonyl (C=O) groups is 1. The molecular weight excluding hydrogens is 270 g/mol. The van der Waals surface area contributed by atoms with Crippen molar-refractivity contribution in [3.05, 3.63) is 18.0 Å². The molecule has 1 aromatic rings. The van der Waals surface area contributed by atoms with Crippen LogP contribution in [-0.2, 0) is 4.74 Å². The topological polar surface area (TPSA) is 58.8 Å². The first kappa shape index (κ1) is 14.5. The van der Waals surface area contributed by atoms with Crippen LogP contribution in [0.2, 0.25) is 0 Å². The van der Waals surface area contributed by atoms with Crippen LogP contribution in [0.15, 0.2) is 16.8 Å². The quantitative estimate of drug-likeness (QED) is 0.824. The fourth-order valence-corrected chi connectivity index (χ4v) is 3.39. The van der Waals surface area contributed by atoms with Gasteiger partial charge in [0.1, 0.15) is 0 Å². The van der Waals surface area contributed by atoms with Crippen LogP contribution in [0.3, 0.4) is 0 Å². The van der Waals surface area contributed by atoms with Gasteiger partial charge in [0.2, 0.25) is 5.76 Å². The smallest absolute Gasteiger partial charge is 0.292 e. The van der Waals surface area contributed by atoms with E-state index in [2.05, 4.69) is 24.2 Å². The molecule has 1 amide bonds. The Bertz CT molecular complexity index is 478. The number of nitrogens with zero attached hydrogens (tertiary/aromatic N) is 3. The molecule has 1 atom stereocenters. The van der Waals surface area contributed by atoms with E-state index in [1.165, 1.54) is 6.20 Å². The molecule has 3 heterocycles. The molecule has 3 rings (SSSR count). The molecule has 0 N–H and O–H groups in total. The van der Waals surface area contributed by atoms with Crippen LogP contribution in [0.1, 0.15) is 36.2 Å². The summed E-state index contributed by atoms with van der Waals surface area (Å²) in [5.74, 6) is 0.254. The third kappa shape index (κ3) is 2.96. The van der Waals surface area contributed by atoms with Crippen LogP contribution in [0, 0.1) is 0 Å². The highest BCUT2D eigenvalue weighted by atomic mass is 16.5. The summed E-state index contributed by atoms with van der Waals surface area (Å²) in [5.41, 5.74) is -0.0502. The summed E-state index contributed by atoms with van der Waals surface area (Å²) in [7, 11) is 4.26. The molecule has 0 unspecified atom stereocenters. The molecule has 6 nitrogen and oxygen atoms in total. The van der Waals surface area contributed by atoms with E-state index in [1.54, 1.807) is 6.07 Å². The SMILES string of the molecule is CN(C)[C@H]1CCOC2(CCN(C(=O)c3ccno3)CC2)C1. The van der Waals surface area contributed by atoms with Gasteiger partial charge >= 0.3 is 0 Å². The lowest BCUT2D eigenvalue weighted by Gasteiger charge is -2.47. The van der Waals surface area contributed by atoms with Gasteiger partial charge in [-0.3, -0.25) is 4.79 Å². The molecule has 1 aromatic heterocycles. The minimum Gasteiger partial charge on any atom is -0.375 e. The zero-order valence-corrected chi connectivity index (χ0v) is 12.7. The normalized spacial score (nSPS) is 25.5. The lowest BCUT2D eigenvalue weighted by atomic mass is 9.82. The van der Waals surface area contributed by atoms with Gasteiger partial charge in [-0.25, -0.2) is 0 Å². The summed E-state index contributed by atoms with van der Waals surface area (Å²) >= 11 is 0. The minimum atomic E-state index is -0.0673. The highest BCUT2D eigenvalue weighted by Crippen LogP contribution is 2.36. The fourth-order valence-electron chi connectivity index (χ4n) is 3.39. The van der Waals surface area contributed by atoms with Crippen molar-refractivity contribution in [1.82, 2.24) is 15.0 Å². The first-order valence-corrected chi connectivity index (χ1v) is 7.60. The first-order valence-electron chi connectivity index (χ1n) is 7.60. The molecule has 2 aliphatic heterocycles. The van der Waals surface area contributed by atoms with E-state index in [9.17, 15) is 4.79 Å². The summed E-state index contributed by atoms with van der Waals surface area (Å²) in [6.07, 6.45) is 5.46. The summed E-state index contributed by atoms with van der Waals surface area (Å²) in [6, 6.07) is 2.20. The highest BCUT2D eigenvalue weighted by molar-refractivity contribution is 5.91. The molecular formula is C15H23N3O3. The average Bonchev–Trinajstić information content (AvgIpc) is 3.02. The number of aromatic nitrogens is 1. The molecule has 2 saturated heterocycles. The Labute approximate surface area is 125 Å². The highest BCUT2D eigenvalue weighted by Gasteiger charge is 2.42. The molecule has 0 aromatic carbocycles. The summed E-state index contributed by atoms with van der Waals surface area (Å²) < 4.78 is 11.1. The van der Waals surface area contributed by atoms with Crippen LogP contribution in [0.5, 0.6) is 0 Å². The third-order valence-corrected chi connectivity index (χ3v) is 4.81. The molecule has 21 heavy (non-hydrogen) atoms. The van der Waals surface area contributed by atoms with Gasteiger partial charge in [0.05, 0.1) is 11.8 Å². The number of piperidine rings is 1. The Morgan fingerprint density at radius 1 is 1.43 bits per heavy atom. The number of amides is 1. The molecule has 116 valence electrons. The van der Waals surface area contributed by atoms with Crippen molar-refractivity contribution in [3.63, 3.8) is 0 Å². The van der Waals surface area contributed by atoms with E-state index in [1.807, 2.05) is 4.90 Å². The molecule has 1 spiro atoms. The fraction of sp³-hybridized carbons (Fsp3) is 0.733. The molecule has 0 saturated carbocycles. The van der Waals surface area contributed by atoms with Gasteiger partial charge in [-0.1, -0.05) is 5.16 Å². The molecule has 6 heteroatoms. The minimum absolute atomic E-state index is 0.0502. The second-order valence-electron chi connectivity index (χ2n) is 6.31. The second-order valence-corrected chi connectivity index (χ2v) is 6.31. The van der Waals surface area contributed by atoms with Gasteiger partial charge in [0.15, 0.2) is 0 Å². The largest absolute Gasteiger partial charge is 0.375 e. The number of hydrogen-bond acceptors (Lipinski definition) is 5. The standard InChI is InChI=1S/C15H23N3O3/c1-17(2)12-4-10-20-15(11-12)5-8-18(9-6-15)14(19)13-3-7-16-21-13/h3,7,12H,4-6,8-11H2,1-2H3/t12-/m0/s1. The van der Waals surface area contributed by atoms with Gasteiger partial charge in [-0.2, -0.15) is 0 Å². The lowest BCUT2D eigenvalue weighted by Crippen LogP contribution is -2.53. The Morgan fingerprint density at radius 2 is 2.19 bits per heavy atom. The van der Waals surface area contributed by atoms with Gasteiger partial charge in [0.25, 0.3) is 5.91 Å². The molecule has 0 aliphatic carbocycles. The van der Waals surface area contributed by atoms with E-state index in [0.29, 0.717) is 11.8 Å². The maximum atomic E-state index is 12.2. The predicted molar refractivity (Wildman–Crippen MR) is 77.0 cm³/mol. The van der Waals surface area contributed by atoms with Crippen molar-refractivity contribution < 1.29 is 14.1 Å². The van der Waals surface area contributed by atoms with Gasteiger partial charge in [-0.05, 0) is 39.8 Å². The van der Waals surface area contributed by atoms with Crippen molar-refractivity contribution in [2.45, 2.75) is 37.3 Å². The number of likely N-dealkylation sites (tertiary alicyclic amines) is 1. The number of carbonyl (C=O) groups excluding carboxylic acids is 1. The Hall–Kier alpha value is -1.40. The number of ether oxygens (including phenoxy) is 1. The zero-order valence-electron chi connectivity index (χ0n) is 12.7. The van der Waals surface area contributed by atoms with Crippen molar-refractivity contribution in [2.24, 2.45) is 0 Å². The van der Waals surface area contributed by atoms with E-state index in [0.717, 1.165) is 45.4 Å². The molecule has 2 aliphatic rings. The maximum absolute atomic E-state index is 12.2. The summed E-state index contributed by atoms with van der Waals surface area (Å²) in [5, 5.41) is 3.60. The Morgan fingerprint density at radius 3 is 2.81 bits per heavy atom. The second kappa shape index (κ2) is 5.77.